The standard InChI is InChI=1S/C10H21NO/c1-5-6-7-8-10(3,4)11-9(2)12/h5-8H2,1-4H3,(H,11,12). The first-order valence-electron chi connectivity index (χ1n) is 4.76. The van der Waals surface area contributed by atoms with Crippen LogP contribution in [0.15, 0.2) is 0 Å². The summed E-state index contributed by atoms with van der Waals surface area (Å²) in [5, 5.41) is 2.94. The minimum Gasteiger partial charge on any atom is -0.351 e. The third kappa shape index (κ3) is 6.20. The predicted molar refractivity (Wildman–Crippen MR) is 52.0 cm³/mol. The van der Waals surface area contributed by atoms with E-state index < -0.39 is 0 Å². The summed E-state index contributed by atoms with van der Waals surface area (Å²) in [5.74, 6) is 0.0662. The third-order valence-corrected chi connectivity index (χ3v) is 1.92. The summed E-state index contributed by atoms with van der Waals surface area (Å²) < 4.78 is 0. The summed E-state index contributed by atoms with van der Waals surface area (Å²) in [7, 11) is 0. The molecule has 0 aromatic carbocycles. The zero-order valence-electron chi connectivity index (χ0n) is 8.74. The number of nitrogens with one attached hydrogen (secondary N) is 1. The minimum atomic E-state index is -0.0268. The van der Waals surface area contributed by atoms with Crippen LogP contribution in [-0.4, -0.2) is 11.4 Å². The fourth-order valence-electron chi connectivity index (χ4n) is 1.36. The van der Waals surface area contributed by atoms with Crippen molar-refractivity contribution in [3.05, 3.63) is 0 Å². The van der Waals surface area contributed by atoms with Crippen molar-refractivity contribution in [2.24, 2.45) is 0 Å². The van der Waals surface area contributed by atoms with E-state index in [-0.39, 0.29) is 11.4 Å². The lowest BCUT2D eigenvalue weighted by Gasteiger charge is -2.25. The first kappa shape index (κ1) is 11.5. The van der Waals surface area contributed by atoms with Gasteiger partial charge in [-0.05, 0) is 20.3 Å². The molecule has 0 aromatic heterocycles. The van der Waals surface area contributed by atoms with Gasteiger partial charge in [0.05, 0.1) is 0 Å². The van der Waals surface area contributed by atoms with Gasteiger partial charge in [0.25, 0.3) is 0 Å². The topological polar surface area (TPSA) is 29.1 Å². The molecule has 72 valence electrons. The highest BCUT2D eigenvalue weighted by Gasteiger charge is 2.17. The molecular weight excluding hydrogens is 150 g/mol. The maximum Gasteiger partial charge on any atom is 0.217 e. The van der Waals surface area contributed by atoms with E-state index in [2.05, 4.69) is 26.1 Å². The molecule has 2 heteroatoms. The van der Waals surface area contributed by atoms with E-state index in [1.165, 1.54) is 19.3 Å². The number of amides is 1. The Labute approximate surface area is 75.7 Å². The number of hydrogen-bond acceptors (Lipinski definition) is 1. The summed E-state index contributed by atoms with van der Waals surface area (Å²) in [6.45, 7) is 7.90. The van der Waals surface area contributed by atoms with Crippen molar-refractivity contribution in [2.75, 3.05) is 0 Å². The van der Waals surface area contributed by atoms with E-state index in [0.717, 1.165) is 6.42 Å². The number of hydrogen-bond donors (Lipinski definition) is 1. The molecule has 0 atom stereocenters. The van der Waals surface area contributed by atoms with Crippen molar-refractivity contribution >= 4 is 5.91 Å². The molecule has 0 rings (SSSR count). The summed E-state index contributed by atoms with van der Waals surface area (Å²) >= 11 is 0. The molecule has 0 unspecified atom stereocenters. The lowest BCUT2D eigenvalue weighted by molar-refractivity contribution is -0.120. The largest absolute Gasteiger partial charge is 0.351 e. The second-order valence-electron chi connectivity index (χ2n) is 4.02. The second kappa shape index (κ2) is 5.18. The second-order valence-corrected chi connectivity index (χ2v) is 4.02. The van der Waals surface area contributed by atoms with Crippen molar-refractivity contribution in [2.45, 2.75) is 58.9 Å². The van der Waals surface area contributed by atoms with E-state index in [0.29, 0.717) is 0 Å². The molecule has 0 fully saturated rings. The summed E-state index contributed by atoms with van der Waals surface area (Å²) in [6, 6.07) is 0. The van der Waals surface area contributed by atoms with Gasteiger partial charge in [0.1, 0.15) is 0 Å². The van der Waals surface area contributed by atoms with Gasteiger partial charge in [0.15, 0.2) is 0 Å². The van der Waals surface area contributed by atoms with Crippen molar-refractivity contribution in [3.8, 4) is 0 Å². The Bertz CT molecular complexity index is 141. The van der Waals surface area contributed by atoms with Crippen molar-refractivity contribution in [1.29, 1.82) is 0 Å². The van der Waals surface area contributed by atoms with Gasteiger partial charge in [-0.2, -0.15) is 0 Å². The number of carbonyl (C=O) groups excluding carboxylic acids is 1. The molecule has 0 aromatic rings. The van der Waals surface area contributed by atoms with E-state index >= 15 is 0 Å². The van der Waals surface area contributed by atoms with Crippen LogP contribution in [0.4, 0.5) is 0 Å². The van der Waals surface area contributed by atoms with Crippen LogP contribution in [0.1, 0.15) is 53.4 Å². The molecule has 0 saturated heterocycles. The van der Waals surface area contributed by atoms with Gasteiger partial charge >= 0.3 is 0 Å². The van der Waals surface area contributed by atoms with Gasteiger partial charge in [-0.1, -0.05) is 26.2 Å². The third-order valence-electron chi connectivity index (χ3n) is 1.92. The predicted octanol–water partition coefficient (Wildman–Crippen LogP) is 2.48. The van der Waals surface area contributed by atoms with Gasteiger partial charge in [-0.15, -0.1) is 0 Å². The monoisotopic (exact) mass is 171 g/mol. The Balaban J connectivity index is 3.63. The molecule has 0 heterocycles. The van der Waals surface area contributed by atoms with Gasteiger partial charge in [0.2, 0.25) is 5.91 Å². The van der Waals surface area contributed by atoms with Crippen LogP contribution in [0.2, 0.25) is 0 Å². The molecule has 1 N–H and O–H groups in total. The Morgan fingerprint density at radius 3 is 2.33 bits per heavy atom. The highest BCUT2D eigenvalue weighted by molar-refractivity contribution is 5.73. The van der Waals surface area contributed by atoms with Gasteiger partial charge in [0, 0.05) is 12.5 Å². The molecule has 0 radical (unpaired) electrons. The number of carbonyl (C=O) groups is 1. The summed E-state index contributed by atoms with van der Waals surface area (Å²) in [4.78, 5) is 10.8. The Hall–Kier alpha value is -0.530. The Morgan fingerprint density at radius 2 is 1.92 bits per heavy atom. The van der Waals surface area contributed by atoms with Gasteiger partial charge < -0.3 is 5.32 Å². The maximum atomic E-state index is 10.8. The maximum absolute atomic E-state index is 10.8. The Morgan fingerprint density at radius 1 is 1.33 bits per heavy atom. The Kier molecular flexibility index (Phi) is 4.95. The minimum absolute atomic E-state index is 0.0268. The molecule has 0 spiro atoms. The molecule has 2 nitrogen and oxygen atoms in total. The number of unbranched alkanes of at least 4 members (excludes halogenated alkanes) is 2. The van der Waals surface area contributed by atoms with Gasteiger partial charge in [-0.25, -0.2) is 0 Å². The highest BCUT2D eigenvalue weighted by atomic mass is 16.1. The van der Waals surface area contributed by atoms with Crippen LogP contribution in [0.5, 0.6) is 0 Å². The number of rotatable bonds is 5. The smallest absolute Gasteiger partial charge is 0.217 e. The first-order valence-corrected chi connectivity index (χ1v) is 4.76. The van der Waals surface area contributed by atoms with E-state index in [9.17, 15) is 4.79 Å². The molecule has 0 aliphatic carbocycles. The van der Waals surface area contributed by atoms with Crippen molar-refractivity contribution in [3.63, 3.8) is 0 Å². The molecule has 0 saturated carbocycles. The molecule has 1 amide bonds. The van der Waals surface area contributed by atoms with Crippen LogP contribution in [0, 0.1) is 0 Å². The van der Waals surface area contributed by atoms with Crippen LogP contribution < -0.4 is 5.32 Å². The van der Waals surface area contributed by atoms with Gasteiger partial charge in [-0.3, -0.25) is 4.79 Å². The molecule has 0 aliphatic rings. The quantitative estimate of drug-likeness (QED) is 0.633. The summed E-state index contributed by atoms with van der Waals surface area (Å²) in [6.07, 6.45) is 4.75. The first-order chi connectivity index (χ1) is 5.48. The SMILES string of the molecule is CCCCCC(C)(C)NC(C)=O. The van der Waals surface area contributed by atoms with E-state index in [4.69, 9.17) is 0 Å². The normalized spacial score (nSPS) is 11.3. The lowest BCUT2D eigenvalue weighted by atomic mass is 9.97. The zero-order chi connectivity index (χ0) is 9.61. The van der Waals surface area contributed by atoms with Crippen LogP contribution in [0.25, 0.3) is 0 Å². The average molecular weight is 171 g/mol. The fraction of sp³-hybridized carbons (Fsp3) is 0.900. The fourth-order valence-corrected chi connectivity index (χ4v) is 1.36. The molecular formula is C10H21NO. The van der Waals surface area contributed by atoms with Crippen molar-refractivity contribution in [1.82, 2.24) is 5.32 Å². The molecule has 0 aliphatic heterocycles. The summed E-state index contributed by atoms with van der Waals surface area (Å²) in [5.41, 5.74) is -0.0268. The molecule has 12 heavy (non-hydrogen) atoms. The highest BCUT2D eigenvalue weighted by Crippen LogP contribution is 2.13. The van der Waals surface area contributed by atoms with E-state index in [1.54, 1.807) is 6.92 Å². The van der Waals surface area contributed by atoms with E-state index in [1.807, 2.05) is 0 Å². The zero-order valence-corrected chi connectivity index (χ0v) is 8.74. The lowest BCUT2D eigenvalue weighted by Crippen LogP contribution is -2.42. The average Bonchev–Trinajstić information content (AvgIpc) is 1.84. The van der Waals surface area contributed by atoms with Crippen LogP contribution in [0.3, 0.4) is 0 Å². The van der Waals surface area contributed by atoms with Crippen LogP contribution in [-0.2, 0) is 4.79 Å². The van der Waals surface area contributed by atoms with Crippen LogP contribution >= 0.6 is 0 Å². The van der Waals surface area contributed by atoms with Crippen molar-refractivity contribution < 1.29 is 4.79 Å². The molecule has 0 bridgehead atoms.